The lowest BCUT2D eigenvalue weighted by Crippen LogP contribution is -2.24. The number of esters is 1. The molecule has 0 aliphatic carbocycles. The molecule has 0 aromatic heterocycles. The molecule has 1 saturated heterocycles. The number of rotatable bonds is 2. The highest BCUT2D eigenvalue weighted by Gasteiger charge is 2.18. The van der Waals surface area contributed by atoms with Crippen molar-refractivity contribution in [1.29, 1.82) is 0 Å². The molecule has 1 unspecified atom stereocenters. The molecule has 1 aliphatic heterocycles. The fraction of sp³-hybridized carbons (Fsp3) is 0.462. The number of hydrogen-bond acceptors (Lipinski definition) is 4. The van der Waals surface area contributed by atoms with Gasteiger partial charge in [-0.3, -0.25) is 0 Å². The van der Waals surface area contributed by atoms with Crippen molar-refractivity contribution in [1.82, 2.24) is 5.32 Å². The quantitative estimate of drug-likeness (QED) is 0.836. The van der Waals surface area contributed by atoms with E-state index >= 15 is 0 Å². The van der Waals surface area contributed by atoms with Crippen molar-refractivity contribution < 1.29 is 14.3 Å². The maximum Gasteiger partial charge on any atom is 0.337 e. The van der Waals surface area contributed by atoms with Crippen LogP contribution < -0.4 is 5.32 Å². The largest absolute Gasteiger partial charge is 0.465 e. The van der Waals surface area contributed by atoms with Crippen LogP contribution in [-0.4, -0.2) is 32.8 Å². The van der Waals surface area contributed by atoms with Crippen LogP contribution in [0.2, 0.25) is 5.02 Å². The van der Waals surface area contributed by atoms with Crippen molar-refractivity contribution >= 4 is 17.6 Å². The van der Waals surface area contributed by atoms with Gasteiger partial charge in [-0.1, -0.05) is 11.6 Å². The number of ether oxygens (including phenoxy) is 2. The predicted octanol–water partition coefficient (Wildman–Crippen LogP) is 2.18. The lowest BCUT2D eigenvalue weighted by Gasteiger charge is -2.17. The summed E-state index contributed by atoms with van der Waals surface area (Å²) in [4.78, 5) is 11.5. The molecule has 0 spiro atoms. The van der Waals surface area contributed by atoms with E-state index in [0.29, 0.717) is 17.2 Å². The van der Waals surface area contributed by atoms with Crippen molar-refractivity contribution in [2.45, 2.75) is 12.5 Å². The van der Waals surface area contributed by atoms with Crippen LogP contribution in [0, 0.1) is 0 Å². The van der Waals surface area contributed by atoms with E-state index in [1.165, 1.54) is 7.11 Å². The molecular weight excluding hydrogens is 254 g/mol. The number of halogens is 1. The fourth-order valence-corrected chi connectivity index (χ4v) is 2.22. The standard InChI is InChI=1S/C13H16ClNO3/c1-17-13(16)9-3-4-11(14)10(7-9)12-8-18-6-2-5-15-12/h3-4,7,12,15H,2,5-6,8H2,1H3. The lowest BCUT2D eigenvalue weighted by molar-refractivity contribution is 0.0600. The van der Waals surface area contributed by atoms with E-state index in [1.54, 1.807) is 18.2 Å². The van der Waals surface area contributed by atoms with Gasteiger partial charge in [0.2, 0.25) is 0 Å². The molecule has 1 aliphatic rings. The average molecular weight is 270 g/mol. The van der Waals surface area contributed by atoms with Crippen molar-refractivity contribution in [3.05, 3.63) is 34.3 Å². The van der Waals surface area contributed by atoms with Crippen LogP contribution in [0.3, 0.4) is 0 Å². The molecule has 2 rings (SSSR count). The first-order valence-corrected chi connectivity index (χ1v) is 6.29. The molecule has 18 heavy (non-hydrogen) atoms. The fourth-order valence-electron chi connectivity index (χ4n) is 1.97. The van der Waals surface area contributed by atoms with Crippen LogP contribution in [0.1, 0.15) is 28.4 Å². The van der Waals surface area contributed by atoms with Gasteiger partial charge in [-0.15, -0.1) is 0 Å². The van der Waals surface area contributed by atoms with E-state index in [9.17, 15) is 4.79 Å². The zero-order chi connectivity index (χ0) is 13.0. The zero-order valence-corrected chi connectivity index (χ0v) is 11.0. The van der Waals surface area contributed by atoms with Crippen LogP contribution in [0.25, 0.3) is 0 Å². The molecule has 0 saturated carbocycles. The minimum absolute atomic E-state index is 0.0182. The van der Waals surface area contributed by atoms with E-state index in [4.69, 9.17) is 21.1 Å². The van der Waals surface area contributed by atoms with E-state index in [1.807, 2.05) is 0 Å². The zero-order valence-electron chi connectivity index (χ0n) is 10.2. The van der Waals surface area contributed by atoms with E-state index in [2.05, 4.69) is 5.32 Å². The van der Waals surface area contributed by atoms with E-state index in [-0.39, 0.29) is 12.0 Å². The van der Waals surface area contributed by atoms with Gasteiger partial charge >= 0.3 is 5.97 Å². The number of methoxy groups -OCH3 is 1. The highest BCUT2D eigenvalue weighted by molar-refractivity contribution is 6.31. The van der Waals surface area contributed by atoms with Gasteiger partial charge in [-0.2, -0.15) is 0 Å². The molecule has 98 valence electrons. The van der Waals surface area contributed by atoms with Gasteiger partial charge in [0.1, 0.15) is 0 Å². The topological polar surface area (TPSA) is 47.6 Å². The monoisotopic (exact) mass is 269 g/mol. The average Bonchev–Trinajstić information content (AvgIpc) is 2.67. The normalized spacial score (nSPS) is 20.2. The van der Waals surface area contributed by atoms with Crippen molar-refractivity contribution in [2.24, 2.45) is 0 Å². The number of carbonyl (C=O) groups excluding carboxylic acids is 1. The van der Waals surface area contributed by atoms with E-state index in [0.717, 1.165) is 25.1 Å². The summed E-state index contributed by atoms with van der Waals surface area (Å²) < 4.78 is 10.2. The maximum absolute atomic E-state index is 11.5. The molecule has 0 radical (unpaired) electrons. The first-order valence-electron chi connectivity index (χ1n) is 5.91. The van der Waals surface area contributed by atoms with E-state index < -0.39 is 0 Å². The van der Waals surface area contributed by atoms with Crippen LogP contribution in [0.5, 0.6) is 0 Å². The summed E-state index contributed by atoms with van der Waals surface area (Å²) >= 11 is 6.18. The van der Waals surface area contributed by atoms with Crippen molar-refractivity contribution in [3.8, 4) is 0 Å². The highest BCUT2D eigenvalue weighted by Crippen LogP contribution is 2.25. The molecule has 1 aromatic carbocycles. The molecule has 5 heteroatoms. The summed E-state index contributed by atoms with van der Waals surface area (Å²) in [6.45, 7) is 2.19. The van der Waals surface area contributed by atoms with Crippen molar-refractivity contribution in [3.63, 3.8) is 0 Å². The summed E-state index contributed by atoms with van der Waals surface area (Å²) in [5, 5.41) is 3.99. The number of hydrogen-bond donors (Lipinski definition) is 1. The summed E-state index contributed by atoms with van der Waals surface area (Å²) in [6.07, 6.45) is 0.977. The molecule has 1 atom stereocenters. The van der Waals surface area contributed by atoms with Gasteiger partial charge in [0.15, 0.2) is 0 Å². The van der Waals surface area contributed by atoms with Gasteiger partial charge in [0.25, 0.3) is 0 Å². The van der Waals surface area contributed by atoms with Gasteiger partial charge in [0, 0.05) is 11.6 Å². The Morgan fingerprint density at radius 2 is 2.39 bits per heavy atom. The van der Waals surface area contributed by atoms with Gasteiger partial charge in [0.05, 0.1) is 25.3 Å². The Balaban J connectivity index is 2.27. The third kappa shape index (κ3) is 3.02. The second kappa shape index (κ2) is 6.18. The molecule has 0 bridgehead atoms. The first-order chi connectivity index (χ1) is 8.72. The Labute approximate surface area is 111 Å². The van der Waals surface area contributed by atoms with Crippen LogP contribution in [0.15, 0.2) is 18.2 Å². The second-order valence-electron chi connectivity index (χ2n) is 4.16. The smallest absolute Gasteiger partial charge is 0.337 e. The Kier molecular flexibility index (Phi) is 4.58. The van der Waals surface area contributed by atoms with Crippen LogP contribution >= 0.6 is 11.6 Å². The van der Waals surface area contributed by atoms with Crippen LogP contribution in [-0.2, 0) is 9.47 Å². The summed E-state index contributed by atoms with van der Waals surface area (Å²) in [6, 6.07) is 5.16. The molecular formula is C13H16ClNO3. The molecule has 1 N–H and O–H groups in total. The maximum atomic E-state index is 11.5. The van der Waals surface area contributed by atoms with Crippen LogP contribution in [0.4, 0.5) is 0 Å². The van der Waals surface area contributed by atoms with Gasteiger partial charge in [-0.25, -0.2) is 4.79 Å². The highest BCUT2D eigenvalue weighted by atomic mass is 35.5. The van der Waals surface area contributed by atoms with Gasteiger partial charge < -0.3 is 14.8 Å². The minimum atomic E-state index is -0.359. The molecule has 1 aromatic rings. The molecule has 1 heterocycles. The Morgan fingerprint density at radius 3 is 3.17 bits per heavy atom. The molecule has 0 amide bonds. The van der Waals surface area contributed by atoms with Crippen molar-refractivity contribution in [2.75, 3.05) is 26.9 Å². The summed E-state index contributed by atoms with van der Waals surface area (Å²) in [7, 11) is 1.36. The number of benzene rings is 1. The summed E-state index contributed by atoms with van der Waals surface area (Å²) in [5.74, 6) is -0.359. The minimum Gasteiger partial charge on any atom is -0.465 e. The number of carbonyl (C=O) groups is 1. The Hall–Kier alpha value is -1.10. The Bertz CT molecular complexity index is 428. The Morgan fingerprint density at radius 1 is 1.56 bits per heavy atom. The SMILES string of the molecule is COC(=O)c1ccc(Cl)c(C2COCCCN2)c1. The molecule has 1 fully saturated rings. The molecule has 4 nitrogen and oxygen atoms in total. The third-order valence-corrected chi connectivity index (χ3v) is 3.28. The van der Waals surface area contributed by atoms with Gasteiger partial charge in [-0.05, 0) is 36.7 Å². The summed E-state index contributed by atoms with van der Waals surface area (Å²) in [5.41, 5.74) is 1.38. The third-order valence-electron chi connectivity index (χ3n) is 2.93. The lowest BCUT2D eigenvalue weighted by atomic mass is 10.0. The number of nitrogens with one attached hydrogen (secondary N) is 1. The second-order valence-corrected chi connectivity index (χ2v) is 4.57. The predicted molar refractivity (Wildman–Crippen MR) is 69.0 cm³/mol. The first kappa shape index (κ1) is 13.3.